The number of nitrogens with zero attached hydrogens (tertiary/aromatic N) is 3. The van der Waals surface area contributed by atoms with Crippen molar-refractivity contribution >= 4 is 5.91 Å². The SMILES string of the molecule is CCCOc1nc(-c2ccc(C(C)(C)C)cc2)n(C(=O)c2ccccc2C)n1. The van der Waals surface area contributed by atoms with Gasteiger partial charge in [-0.05, 0) is 36.0 Å². The van der Waals surface area contributed by atoms with Gasteiger partial charge in [-0.3, -0.25) is 4.79 Å². The van der Waals surface area contributed by atoms with E-state index in [1.165, 1.54) is 10.2 Å². The molecule has 146 valence electrons. The number of rotatable bonds is 5. The number of aromatic nitrogens is 3. The van der Waals surface area contributed by atoms with Gasteiger partial charge in [0.1, 0.15) is 0 Å². The fraction of sp³-hybridized carbons (Fsp3) is 0.348. The lowest BCUT2D eigenvalue weighted by atomic mass is 9.87. The minimum Gasteiger partial charge on any atom is -0.462 e. The summed E-state index contributed by atoms with van der Waals surface area (Å²) in [6, 6.07) is 15.8. The second-order valence-corrected chi connectivity index (χ2v) is 7.93. The summed E-state index contributed by atoms with van der Waals surface area (Å²) in [5.74, 6) is 0.270. The van der Waals surface area contributed by atoms with Crippen molar-refractivity contribution in [2.24, 2.45) is 0 Å². The number of carbonyl (C=O) groups is 1. The minimum atomic E-state index is -0.216. The number of aryl methyl sites for hydroxylation is 1. The van der Waals surface area contributed by atoms with Crippen molar-refractivity contribution in [2.75, 3.05) is 6.61 Å². The van der Waals surface area contributed by atoms with E-state index in [1.54, 1.807) is 6.07 Å². The highest BCUT2D eigenvalue weighted by molar-refractivity contribution is 5.98. The first-order valence-corrected chi connectivity index (χ1v) is 9.62. The van der Waals surface area contributed by atoms with Crippen LogP contribution in [-0.4, -0.2) is 27.3 Å². The van der Waals surface area contributed by atoms with Crippen molar-refractivity contribution in [1.29, 1.82) is 0 Å². The third-order valence-electron chi connectivity index (χ3n) is 4.60. The molecule has 0 aliphatic heterocycles. The Morgan fingerprint density at radius 2 is 1.75 bits per heavy atom. The number of ether oxygens (including phenoxy) is 1. The Balaban J connectivity index is 2.05. The molecular weight excluding hydrogens is 350 g/mol. The van der Waals surface area contributed by atoms with E-state index in [4.69, 9.17) is 4.74 Å². The predicted molar refractivity (Wildman–Crippen MR) is 111 cm³/mol. The van der Waals surface area contributed by atoms with E-state index < -0.39 is 0 Å². The summed E-state index contributed by atoms with van der Waals surface area (Å²) in [6.45, 7) is 10.9. The molecule has 0 unspecified atom stereocenters. The largest absolute Gasteiger partial charge is 0.462 e. The van der Waals surface area contributed by atoms with Crippen molar-refractivity contribution < 1.29 is 9.53 Å². The van der Waals surface area contributed by atoms with Crippen molar-refractivity contribution in [2.45, 2.75) is 46.5 Å². The van der Waals surface area contributed by atoms with Crippen LogP contribution in [0.25, 0.3) is 11.4 Å². The van der Waals surface area contributed by atoms with Gasteiger partial charge in [0.05, 0.1) is 6.61 Å². The summed E-state index contributed by atoms with van der Waals surface area (Å²) in [6.07, 6.45) is 0.843. The maximum atomic E-state index is 13.2. The van der Waals surface area contributed by atoms with Crippen molar-refractivity contribution in [1.82, 2.24) is 14.8 Å². The Kier molecular flexibility index (Phi) is 5.63. The van der Waals surface area contributed by atoms with Gasteiger partial charge in [-0.1, -0.05) is 70.2 Å². The first-order chi connectivity index (χ1) is 13.3. The minimum absolute atomic E-state index is 0.0541. The van der Waals surface area contributed by atoms with Gasteiger partial charge in [-0.15, -0.1) is 5.10 Å². The molecule has 0 atom stereocenters. The Morgan fingerprint density at radius 3 is 2.36 bits per heavy atom. The fourth-order valence-corrected chi connectivity index (χ4v) is 2.92. The van der Waals surface area contributed by atoms with Gasteiger partial charge in [0, 0.05) is 11.1 Å². The Morgan fingerprint density at radius 1 is 1.07 bits per heavy atom. The molecule has 0 spiro atoms. The van der Waals surface area contributed by atoms with Crippen LogP contribution >= 0.6 is 0 Å². The van der Waals surface area contributed by atoms with Gasteiger partial charge in [-0.2, -0.15) is 9.67 Å². The van der Waals surface area contributed by atoms with E-state index in [0.717, 1.165) is 17.5 Å². The Bertz CT molecular complexity index is 966. The van der Waals surface area contributed by atoms with E-state index in [2.05, 4.69) is 43.0 Å². The monoisotopic (exact) mass is 377 g/mol. The van der Waals surface area contributed by atoms with Gasteiger partial charge in [0.15, 0.2) is 5.82 Å². The molecule has 0 aliphatic carbocycles. The van der Waals surface area contributed by atoms with Gasteiger partial charge < -0.3 is 4.74 Å². The van der Waals surface area contributed by atoms with E-state index >= 15 is 0 Å². The van der Waals surface area contributed by atoms with E-state index in [9.17, 15) is 4.79 Å². The van der Waals surface area contributed by atoms with Crippen LogP contribution in [0.3, 0.4) is 0 Å². The molecule has 2 aromatic carbocycles. The molecule has 3 rings (SSSR count). The van der Waals surface area contributed by atoms with E-state index in [-0.39, 0.29) is 17.3 Å². The quantitative estimate of drug-likeness (QED) is 0.626. The number of hydrogen-bond donors (Lipinski definition) is 0. The summed E-state index contributed by atoms with van der Waals surface area (Å²) >= 11 is 0. The average Bonchev–Trinajstić information content (AvgIpc) is 3.10. The number of benzene rings is 2. The fourth-order valence-electron chi connectivity index (χ4n) is 2.92. The highest BCUT2D eigenvalue weighted by atomic mass is 16.5. The molecule has 5 heteroatoms. The first-order valence-electron chi connectivity index (χ1n) is 9.62. The second kappa shape index (κ2) is 7.97. The average molecular weight is 377 g/mol. The third kappa shape index (κ3) is 4.14. The van der Waals surface area contributed by atoms with Crippen LogP contribution in [0, 0.1) is 6.92 Å². The van der Waals surface area contributed by atoms with Crippen LogP contribution in [0.15, 0.2) is 48.5 Å². The molecule has 0 saturated heterocycles. The maximum Gasteiger partial charge on any atom is 0.336 e. The molecule has 1 heterocycles. The lowest BCUT2D eigenvalue weighted by Gasteiger charge is -2.19. The summed E-state index contributed by atoms with van der Waals surface area (Å²) < 4.78 is 6.94. The topological polar surface area (TPSA) is 57.0 Å². The summed E-state index contributed by atoms with van der Waals surface area (Å²) in [7, 11) is 0. The van der Waals surface area contributed by atoms with Crippen molar-refractivity contribution in [3.63, 3.8) is 0 Å². The van der Waals surface area contributed by atoms with Crippen LogP contribution in [0.4, 0.5) is 0 Å². The van der Waals surface area contributed by atoms with Crippen molar-refractivity contribution in [3.8, 4) is 17.4 Å². The van der Waals surface area contributed by atoms with Crippen LogP contribution < -0.4 is 4.74 Å². The normalized spacial score (nSPS) is 11.5. The third-order valence-corrected chi connectivity index (χ3v) is 4.60. The lowest BCUT2D eigenvalue weighted by Crippen LogP contribution is -2.16. The van der Waals surface area contributed by atoms with Gasteiger partial charge in [-0.25, -0.2) is 0 Å². The van der Waals surface area contributed by atoms with Crippen LogP contribution in [0.5, 0.6) is 6.01 Å². The first kappa shape index (κ1) is 19.8. The zero-order chi connectivity index (χ0) is 20.3. The molecule has 0 aliphatic rings. The molecule has 0 amide bonds. The van der Waals surface area contributed by atoms with Gasteiger partial charge in [0.2, 0.25) is 0 Å². The summed E-state index contributed by atoms with van der Waals surface area (Å²) in [4.78, 5) is 17.7. The zero-order valence-corrected chi connectivity index (χ0v) is 17.2. The molecule has 0 fully saturated rings. The molecule has 0 bridgehead atoms. The smallest absolute Gasteiger partial charge is 0.336 e. The lowest BCUT2D eigenvalue weighted by molar-refractivity contribution is 0.0944. The maximum absolute atomic E-state index is 13.2. The van der Waals surface area contributed by atoms with E-state index in [1.807, 2.05) is 44.2 Å². The molecule has 0 radical (unpaired) electrons. The number of hydrogen-bond acceptors (Lipinski definition) is 4. The predicted octanol–water partition coefficient (Wildman–Crippen LogP) is 5.03. The highest BCUT2D eigenvalue weighted by Gasteiger charge is 2.22. The van der Waals surface area contributed by atoms with Crippen molar-refractivity contribution in [3.05, 3.63) is 65.2 Å². The van der Waals surface area contributed by atoms with Crippen LogP contribution in [-0.2, 0) is 5.41 Å². The molecule has 0 saturated carbocycles. The highest BCUT2D eigenvalue weighted by Crippen LogP contribution is 2.27. The molecule has 3 aromatic rings. The van der Waals surface area contributed by atoms with E-state index in [0.29, 0.717) is 18.0 Å². The Labute approximate surface area is 166 Å². The number of carbonyl (C=O) groups excluding carboxylic acids is 1. The molecule has 0 N–H and O–H groups in total. The molecule has 28 heavy (non-hydrogen) atoms. The molecule has 5 nitrogen and oxygen atoms in total. The summed E-state index contributed by atoms with van der Waals surface area (Å²) in [5.41, 5.74) is 3.59. The second-order valence-electron chi connectivity index (χ2n) is 7.93. The summed E-state index contributed by atoms with van der Waals surface area (Å²) in [5, 5.41) is 4.35. The molecule has 1 aromatic heterocycles. The molecular formula is C23H27N3O2. The van der Waals surface area contributed by atoms with Gasteiger partial charge >= 0.3 is 6.01 Å². The van der Waals surface area contributed by atoms with Crippen LogP contribution in [0.1, 0.15) is 55.6 Å². The van der Waals surface area contributed by atoms with Crippen LogP contribution in [0.2, 0.25) is 0 Å². The Hall–Kier alpha value is -2.95. The van der Waals surface area contributed by atoms with Gasteiger partial charge in [0.25, 0.3) is 5.91 Å². The standard InChI is InChI=1S/C23H27N3O2/c1-6-15-28-22-24-20(17-11-13-18(14-12-17)23(3,4)5)26(25-22)21(27)19-10-8-7-9-16(19)2/h7-14H,6,15H2,1-5H3. The zero-order valence-electron chi connectivity index (χ0n) is 17.2.